The maximum absolute atomic E-state index is 12.6. The van der Waals surface area contributed by atoms with E-state index in [0.717, 1.165) is 12.1 Å². The number of methoxy groups -OCH3 is 1. The maximum Gasteiger partial charge on any atom is 0.255 e. The number of halogens is 1. The van der Waals surface area contributed by atoms with Crippen molar-refractivity contribution in [2.75, 3.05) is 12.4 Å². The Kier molecular flexibility index (Phi) is 5.10. The first-order valence-corrected chi connectivity index (χ1v) is 8.31. The molecule has 0 fully saturated rings. The number of rotatable bonds is 4. The molecule has 1 aliphatic heterocycles. The van der Waals surface area contributed by atoms with Crippen LogP contribution in [0.2, 0.25) is 5.02 Å². The molecule has 1 N–H and O–H groups in total. The van der Waals surface area contributed by atoms with E-state index in [1.54, 1.807) is 31.4 Å². The van der Waals surface area contributed by atoms with Gasteiger partial charge in [-0.25, -0.2) is 0 Å². The Morgan fingerprint density at radius 1 is 1.24 bits per heavy atom. The largest absolute Gasteiger partial charge is 0.493 e. The van der Waals surface area contributed by atoms with Crippen LogP contribution >= 0.6 is 11.6 Å². The van der Waals surface area contributed by atoms with Gasteiger partial charge in [0.25, 0.3) is 5.91 Å². The molecule has 0 aromatic heterocycles. The van der Waals surface area contributed by atoms with Gasteiger partial charge in [0, 0.05) is 27.9 Å². The average Bonchev–Trinajstić information content (AvgIpc) is 2.84. The van der Waals surface area contributed by atoms with Crippen LogP contribution in [0.25, 0.3) is 6.08 Å². The fraction of sp³-hybridized carbons (Fsp3) is 0.150. The number of anilines is 1. The predicted octanol–water partition coefficient (Wildman–Crippen LogP) is 4.84. The molecule has 3 rings (SSSR count). The molecule has 2 aromatic carbocycles. The maximum atomic E-state index is 12.6. The van der Waals surface area contributed by atoms with Crippen molar-refractivity contribution in [3.8, 4) is 11.5 Å². The number of carbonyl (C=O) groups excluding carboxylic acids is 1. The lowest BCUT2D eigenvalue weighted by Gasteiger charge is -2.10. The zero-order valence-electron chi connectivity index (χ0n) is 14.0. The molecule has 0 atom stereocenters. The number of nitrogens with one attached hydrogen (secondary N) is 1. The van der Waals surface area contributed by atoms with Crippen molar-refractivity contribution in [1.82, 2.24) is 0 Å². The van der Waals surface area contributed by atoms with Crippen LogP contribution in [0.3, 0.4) is 0 Å². The van der Waals surface area contributed by atoms with Gasteiger partial charge in [-0.05, 0) is 42.3 Å². The van der Waals surface area contributed by atoms with Crippen molar-refractivity contribution in [3.63, 3.8) is 0 Å². The van der Waals surface area contributed by atoms with Crippen LogP contribution in [0.15, 0.2) is 54.3 Å². The van der Waals surface area contributed by atoms with Crippen LogP contribution in [0.5, 0.6) is 11.5 Å². The van der Waals surface area contributed by atoms with Gasteiger partial charge in [-0.3, -0.25) is 4.79 Å². The molecule has 1 amide bonds. The van der Waals surface area contributed by atoms with E-state index < -0.39 is 0 Å². The first kappa shape index (κ1) is 17.1. The summed E-state index contributed by atoms with van der Waals surface area (Å²) in [7, 11) is 1.54. The Balaban J connectivity index is 1.88. The van der Waals surface area contributed by atoms with Gasteiger partial charge in [0.15, 0.2) is 11.5 Å². The monoisotopic (exact) mass is 355 g/mol. The van der Waals surface area contributed by atoms with E-state index in [-0.39, 0.29) is 5.91 Å². The van der Waals surface area contributed by atoms with Crippen LogP contribution in [0.1, 0.15) is 18.1 Å². The number of hydrogen-bond acceptors (Lipinski definition) is 3. The zero-order valence-corrected chi connectivity index (χ0v) is 14.8. The summed E-state index contributed by atoms with van der Waals surface area (Å²) in [5, 5.41) is 3.39. The highest BCUT2D eigenvalue weighted by atomic mass is 35.5. The summed E-state index contributed by atoms with van der Waals surface area (Å²) in [5.41, 5.74) is 3.10. The van der Waals surface area contributed by atoms with Crippen molar-refractivity contribution in [3.05, 3.63) is 70.5 Å². The van der Waals surface area contributed by atoms with Crippen molar-refractivity contribution >= 4 is 29.3 Å². The van der Waals surface area contributed by atoms with Crippen LogP contribution in [-0.2, 0) is 11.2 Å². The molecular weight excluding hydrogens is 338 g/mol. The third-order valence-corrected chi connectivity index (χ3v) is 4.11. The third-order valence-electron chi connectivity index (χ3n) is 3.90. The molecule has 0 radical (unpaired) electrons. The lowest BCUT2D eigenvalue weighted by molar-refractivity contribution is -0.112. The minimum Gasteiger partial charge on any atom is -0.493 e. The minimum absolute atomic E-state index is 0.226. The fourth-order valence-electron chi connectivity index (χ4n) is 2.53. The third kappa shape index (κ3) is 3.86. The Morgan fingerprint density at radius 2 is 2.00 bits per heavy atom. The zero-order chi connectivity index (χ0) is 17.8. The van der Waals surface area contributed by atoms with E-state index in [1.165, 1.54) is 11.8 Å². The molecule has 25 heavy (non-hydrogen) atoms. The topological polar surface area (TPSA) is 47.6 Å². The summed E-state index contributed by atoms with van der Waals surface area (Å²) >= 11 is 6.11. The van der Waals surface area contributed by atoms with Gasteiger partial charge in [-0.2, -0.15) is 0 Å². The molecule has 2 aromatic rings. The summed E-state index contributed by atoms with van der Waals surface area (Å²) in [4.78, 5) is 12.6. The molecule has 0 aliphatic carbocycles. The van der Waals surface area contributed by atoms with Crippen molar-refractivity contribution in [1.29, 1.82) is 0 Å². The number of fused-ring (bicyclic) bond motifs is 1. The van der Waals surface area contributed by atoms with Gasteiger partial charge in [-0.15, -0.1) is 0 Å². The van der Waals surface area contributed by atoms with E-state index in [1.807, 2.05) is 24.3 Å². The number of benzene rings is 2. The van der Waals surface area contributed by atoms with Crippen LogP contribution < -0.4 is 14.8 Å². The molecule has 128 valence electrons. The molecule has 0 saturated carbocycles. The highest BCUT2D eigenvalue weighted by Crippen LogP contribution is 2.37. The van der Waals surface area contributed by atoms with E-state index >= 15 is 0 Å². The Morgan fingerprint density at radius 3 is 2.68 bits per heavy atom. The summed E-state index contributed by atoms with van der Waals surface area (Å²) in [6.45, 7) is 2.09. The predicted molar refractivity (Wildman–Crippen MR) is 100 cm³/mol. The van der Waals surface area contributed by atoms with Crippen molar-refractivity contribution in [2.24, 2.45) is 0 Å². The Labute approximate surface area is 151 Å². The normalized spacial score (nSPS) is 12.5. The highest BCUT2D eigenvalue weighted by molar-refractivity contribution is 6.31. The minimum atomic E-state index is -0.226. The number of carbonyl (C=O) groups is 1. The lowest BCUT2D eigenvalue weighted by atomic mass is 10.1. The number of ether oxygens (including phenoxy) is 2. The van der Waals surface area contributed by atoms with Gasteiger partial charge in [-0.1, -0.05) is 30.7 Å². The Bertz CT molecular complexity index is 854. The second kappa shape index (κ2) is 7.45. The summed E-state index contributed by atoms with van der Waals surface area (Å²) in [6, 6.07) is 11.2. The van der Waals surface area contributed by atoms with Gasteiger partial charge in [0.05, 0.1) is 13.4 Å². The number of hydrogen-bond donors (Lipinski definition) is 1. The van der Waals surface area contributed by atoms with Crippen molar-refractivity contribution < 1.29 is 14.3 Å². The lowest BCUT2D eigenvalue weighted by Crippen LogP contribution is -2.13. The van der Waals surface area contributed by atoms with Crippen LogP contribution in [-0.4, -0.2) is 13.0 Å². The molecule has 0 spiro atoms. The van der Waals surface area contributed by atoms with Gasteiger partial charge in [0.2, 0.25) is 0 Å². The molecule has 0 saturated heterocycles. The van der Waals surface area contributed by atoms with E-state index in [9.17, 15) is 4.79 Å². The highest BCUT2D eigenvalue weighted by Gasteiger charge is 2.16. The molecule has 5 heteroatoms. The second-order valence-electron chi connectivity index (χ2n) is 5.55. The first-order chi connectivity index (χ1) is 12.1. The molecule has 1 aliphatic rings. The quantitative estimate of drug-likeness (QED) is 0.853. The number of aryl methyl sites for hydroxylation is 1. The smallest absolute Gasteiger partial charge is 0.255 e. The van der Waals surface area contributed by atoms with E-state index in [4.69, 9.17) is 21.1 Å². The van der Waals surface area contributed by atoms with Crippen LogP contribution in [0, 0.1) is 0 Å². The first-order valence-electron chi connectivity index (χ1n) is 7.93. The van der Waals surface area contributed by atoms with Gasteiger partial charge >= 0.3 is 0 Å². The summed E-state index contributed by atoms with van der Waals surface area (Å²) in [6.07, 6.45) is 5.76. The summed E-state index contributed by atoms with van der Waals surface area (Å²) < 4.78 is 10.9. The van der Waals surface area contributed by atoms with Gasteiger partial charge < -0.3 is 14.8 Å². The molecular formula is C20H18ClNO3. The second-order valence-corrected chi connectivity index (χ2v) is 5.99. The fourth-order valence-corrected chi connectivity index (χ4v) is 2.75. The van der Waals surface area contributed by atoms with Gasteiger partial charge in [0.1, 0.15) is 0 Å². The Hall–Kier alpha value is -2.72. The molecule has 0 bridgehead atoms. The SMILES string of the molecule is CCc1ccc(NC(=O)C2=Cc3cc(Cl)cc(OC)c3OC=C2)cc1. The summed E-state index contributed by atoms with van der Waals surface area (Å²) in [5.74, 6) is 0.814. The molecule has 0 unspecified atom stereocenters. The average molecular weight is 356 g/mol. The number of amides is 1. The van der Waals surface area contributed by atoms with Crippen LogP contribution in [0.4, 0.5) is 5.69 Å². The molecule has 1 heterocycles. The van der Waals surface area contributed by atoms with Crippen molar-refractivity contribution in [2.45, 2.75) is 13.3 Å². The standard InChI is InChI=1S/C20H18ClNO3/c1-3-13-4-6-17(7-5-13)22-20(23)14-8-9-25-19-15(10-14)11-16(21)12-18(19)24-2/h4-12H,3H2,1-2H3,(H,22,23). The molecule has 4 nitrogen and oxygen atoms in total. The van der Waals surface area contributed by atoms with E-state index in [2.05, 4.69) is 12.2 Å². The van der Waals surface area contributed by atoms with E-state index in [0.29, 0.717) is 27.7 Å².